The number of hydrogen-bond donors (Lipinski definition) is 0. The average Bonchev–Trinajstić information content (AvgIpc) is 3.37. The second-order valence-corrected chi connectivity index (χ2v) is 8.75. The molecule has 0 aromatic carbocycles. The van der Waals surface area contributed by atoms with E-state index in [2.05, 4.69) is 15.0 Å². The zero-order chi connectivity index (χ0) is 19.8. The molecule has 1 amide bonds. The summed E-state index contributed by atoms with van der Waals surface area (Å²) in [5.41, 5.74) is 1.89. The third kappa shape index (κ3) is 3.63. The maximum absolute atomic E-state index is 12.9. The van der Waals surface area contributed by atoms with Gasteiger partial charge >= 0.3 is 0 Å². The molecule has 0 saturated carbocycles. The summed E-state index contributed by atoms with van der Waals surface area (Å²) in [6, 6.07) is -0.0954. The summed E-state index contributed by atoms with van der Waals surface area (Å²) in [6.45, 7) is 1.32. The molecule has 1 saturated heterocycles. The second-order valence-electron chi connectivity index (χ2n) is 7.76. The van der Waals surface area contributed by atoms with Crippen LogP contribution in [0.4, 0.5) is 0 Å². The molecule has 4 heterocycles. The van der Waals surface area contributed by atoms with Gasteiger partial charge in [0.15, 0.2) is 5.16 Å². The number of rotatable bonds is 4. The van der Waals surface area contributed by atoms with Gasteiger partial charge in [-0.05, 0) is 19.3 Å². The first-order valence-corrected chi connectivity index (χ1v) is 11.1. The van der Waals surface area contributed by atoms with Crippen LogP contribution < -0.4 is 10.3 Å². The van der Waals surface area contributed by atoms with Crippen LogP contribution in [0, 0.1) is 0 Å². The molecule has 2 aliphatic heterocycles. The first kappa shape index (κ1) is 18.6. The molecule has 1 fully saturated rings. The largest absolute Gasteiger partial charge is 0.473 e. The van der Waals surface area contributed by atoms with E-state index in [1.165, 1.54) is 0 Å². The number of piperidine rings is 1. The Labute approximate surface area is 172 Å². The predicted octanol–water partition coefficient (Wildman–Crippen LogP) is 1.63. The molecule has 8 nitrogen and oxygen atoms in total. The van der Waals surface area contributed by atoms with E-state index in [1.54, 1.807) is 34.9 Å². The molecule has 3 aliphatic rings. The third-order valence-corrected chi connectivity index (χ3v) is 7.00. The zero-order valence-electron chi connectivity index (χ0n) is 16.1. The molecule has 0 N–H and O–H groups in total. The van der Waals surface area contributed by atoms with E-state index in [-0.39, 0.29) is 23.6 Å². The van der Waals surface area contributed by atoms with Gasteiger partial charge in [-0.1, -0.05) is 11.8 Å². The molecular formula is C20H23N5O3S. The van der Waals surface area contributed by atoms with Crippen molar-refractivity contribution in [1.82, 2.24) is 24.4 Å². The highest BCUT2D eigenvalue weighted by Gasteiger charge is 2.33. The fourth-order valence-electron chi connectivity index (χ4n) is 4.37. The van der Waals surface area contributed by atoms with Crippen molar-refractivity contribution < 1.29 is 9.53 Å². The maximum Gasteiger partial charge on any atom is 0.257 e. The van der Waals surface area contributed by atoms with Gasteiger partial charge in [-0.2, -0.15) is 0 Å². The minimum atomic E-state index is -0.0954. The van der Waals surface area contributed by atoms with E-state index >= 15 is 0 Å². The van der Waals surface area contributed by atoms with Crippen LogP contribution in [-0.4, -0.2) is 55.3 Å². The van der Waals surface area contributed by atoms with E-state index in [9.17, 15) is 9.59 Å². The lowest BCUT2D eigenvalue weighted by Gasteiger charge is -2.32. The Balaban J connectivity index is 1.20. The standard InChI is InChI=1S/C20H23N5O3S/c26-18(24-8-4-14(5-9-24)28-17-11-21-6-7-22-17)10-13-12-29-20-23-16-3-1-2-15(16)19(27)25(13)20/h6-7,11,13-14H,1-5,8-10,12H2. The highest BCUT2D eigenvalue weighted by atomic mass is 32.2. The quantitative estimate of drug-likeness (QED) is 0.704. The number of carbonyl (C=O) groups is 1. The minimum Gasteiger partial charge on any atom is -0.473 e. The average molecular weight is 414 g/mol. The number of amides is 1. The van der Waals surface area contributed by atoms with Crippen LogP contribution in [0.15, 0.2) is 28.5 Å². The van der Waals surface area contributed by atoms with Gasteiger partial charge in [0.1, 0.15) is 6.10 Å². The van der Waals surface area contributed by atoms with E-state index in [1.807, 2.05) is 4.90 Å². The normalized spacial score (nSPS) is 21.1. The highest BCUT2D eigenvalue weighted by molar-refractivity contribution is 7.99. The SMILES string of the molecule is O=C(CC1CSc2nc3c(c(=O)n21)CCC3)N1CCC(Oc2cnccn2)CC1. The number of likely N-dealkylation sites (tertiary alicyclic amines) is 1. The van der Waals surface area contributed by atoms with Gasteiger partial charge in [0, 0.05) is 56.1 Å². The van der Waals surface area contributed by atoms with Crippen molar-refractivity contribution in [2.75, 3.05) is 18.8 Å². The van der Waals surface area contributed by atoms with Crippen molar-refractivity contribution in [3.63, 3.8) is 0 Å². The van der Waals surface area contributed by atoms with Gasteiger partial charge in [0.2, 0.25) is 11.8 Å². The number of nitrogens with zero attached hydrogens (tertiary/aromatic N) is 5. The Kier molecular flexibility index (Phi) is 4.99. The topological polar surface area (TPSA) is 90.2 Å². The molecular weight excluding hydrogens is 390 g/mol. The van der Waals surface area contributed by atoms with Gasteiger partial charge in [0.25, 0.3) is 5.56 Å². The Bertz CT molecular complexity index is 972. The molecule has 5 rings (SSSR count). The Morgan fingerprint density at radius 1 is 1.24 bits per heavy atom. The van der Waals surface area contributed by atoms with Crippen molar-refractivity contribution >= 4 is 17.7 Å². The first-order valence-electron chi connectivity index (χ1n) is 10.2. The zero-order valence-corrected chi connectivity index (χ0v) is 16.9. The van der Waals surface area contributed by atoms with Gasteiger partial charge in [0.05, 0.1) is 17.9 Å². The number of fused-ring (bicyclic) bond motifs is 2. The van der Waals surface area contributed by atoms with Gasteiger partial charge < -0.3 is 9.64 Å². The number of thioether (sulfide) groups is 1. The molecule has 1 aliphatic carbocycles. The van der Waals surface area contributed by atoms with Crippen LogP contribution in [0.25, 0.3) is 0 Å². The predicted molar refractivity (Wildman–Crippen MR) is 107 cm³/mol. The monoisotopic (exact) mass is 413 g/mol. The van der Waals surface area contributed by atoms with Crippen molar-refractivity contribution in [2.24, 2.45) is 0 Å². The lowest BCUT2D eigenvalue weighted by Crippen LogP contribution is -2.43. The number of carbonyl (C=O) groups excluding carboxylic acids is 1. The summed E-state index contributed by atoms with van der Waals surface area (Å²) in [4.78, 5) is 40.5. The molecule has 0 spiro atoms. The fraction of sp³-hybridized carbons (Fsp3) is 0.550. The summed E-state index contributed by atoms with van der Waals surface area (Å²) < 4.78 is 7.63. The van der Waals surface area contributed by atoms with E-state index < -0.39 is 0 Å². The first-order chi connectivity index (χ1) is 14.2. The smallest absolute Gasteiger partial charge is 0.257 e. The Hall–Kier alpha value is -2.42. The van der Waals surface area contributed by atoms with Crippen molar-refractivity contribution in [1.29, 1.82) is 0 Å². The molecule has 1 atom stereocenters. The molecule has 2 aromatic rings. The molecule has 0 bridgehead atoms. The van der Waals surface area contributed by atoms with Crippen molar-refractivity contribution in [2.45, 2.75) is 55.8 Å². The van der Waals surface area contributed by atoms with E-state index in [0.29, 0.717) is 25.4 Å². The van der Waals surface area contributed by atoms with Crippen LogP contribution in [0.5, 0.6) is 5.88 Å². The van der Waals surface area contributed by atoms with Crippen LogP contribution in [0.1, 0.15) is 43.0 Å². The van der Waals surface area contributed by atoms with Crippen LogP contribution in [-0.2, 0) is 17.6 Å². The molecule has 1 unspecified atom stereocenters. The number of hydrogen-bond acceptors (Lipinski definition) is 7. The molecule has 152 valence electrons. The van der Waals surface area contributed by atoms with E-state index in [0.717, 1.165) is 54.3 Å². The summed E-state index contributed by atoms with van der Waals surface area (Å²) >= 11 is 1.59. The summed E-state index contributed by atoms with van der Waals surface area (Å²) in [5.74, 6) is 1.37. The lowest BCUT2D eigenvalue weighted by molar-refractivity contribution is -0.133. The van der Waals surface area contributed by atoms with Gasteiger partial charge in [-0.25, -0.2) is 9.97 Å². The summed E-state index contributed by atoms with van der Waals surface area (Å²) in [7, 11) is 0. The summed E-state index contributed by atoms with van der Waals surface area (Å²) in [6.07, 6.45) is 9.49. The lowest BCUT2D eigenvalue weighted by atomic mass is 10.1. The second kappa shape index (κ2) is 7.78. The minimum absolute atomic E-state index is 0.0490. The molecule has 29 heavy (non-hydrogen) atoms. The van der Waals surface area contributed by atoms with Gasteiger partial charge in [-0.3, -0.25) is 19.1 Å². The third-order valence-electron chi connectivity index (χ3n) is 5.90. The van der Waals surface area contributed by atoms with Crippen LogP contribution in [0.2, 0.25) is 0 Å². The Morgan fingerprint density at radius 2 is 2.10 bits per heavy atom. The number of aromatic nitrogens is 4. The van der Waals surface area contributed by atoms with Crippen LogP contribution >= 0.6 is 11.8 Å². The van der Waals surface area contributed by atoms with Crippen molar-refractivity contribution in [3.05, 3.63) is 40.2 Å². The maximum atomic E-state index is 12.9. The highest BCUT2D eigenvalue weighted by Crippen LogP contribution is 2.34. The molecule has 0 radical (unpaired) electrons. The van der Waals surface area contributed by atoms with E-state index in [4.69, 9.17) is 4.74 Å². The fourth-order valence-corrected chi connectivity index (χ4v) is 5.53. The van der Waals surface area contributed by atoms with Gasteiger partial charge in [-0.15, -0.1) is 0 Å². The number of aryl methyl sites for hydroxylation is 1. The number of ether oxygens (including phenoxy) is 1. The van der Waals surface area contributed by atoms with Crippen LogP contribution in [0.3, 0.4) is 0 Å². The molecule has 9 heteroatoms. The Morgan fingerprint density at radius 3 is 2.90 bits per heavy atom. The summed E-state index contributed by atoms with van der Waals surface area (Å²) in [5, 5.41) is 0.782. The molecule has 2 aromatic heterocycles. The van der Waals surface area contributed by atoms with Crippen molar-refractivity contribution in [3.8, 4) is 5.88 Å².